The second-order valence-electron chi connectivity index (χ2n) is 3.38. The normalized spacial score (nSPS) is 11.2. The molecule has 0 amide bonds. The first-order chi connectivity index (χ1) is 7.52. The van der Waals surface area contributed by atoms with Crippen LogP contribution in [0.3, 0.4) is 0 Å². The van der Waals surface area contributed by atoms with E-state index in [0.717, 1.165) is 17.1 Å². The summed E-state index contributed by atoms with van der Waals surface area (Å²) in [5.74, 6) is 1.52. The van der Waals surface area contributed by atoms with Crippen LogP contribution in [0.15, 0.2) is 18.2 Å². The molecule has 92 valence electrons. The zero-order chi connectivity index (χ0) is 12.1. The molecule has 0 aliphatic heterocycles. The summed E-state index contributed by atoms with van der Waals surface area (Å²) >= 11 is -1.84. The minimum absolute atomic E-state index is 0.102. The number of ether oxygens (including phenoxy) is 2. The molecule has 5 heteroatoms. The number of hydrogen-bond donors (Lipinski definition) is 0. The quantitative estimate of drug-likeness (QED) is 0.773. The molecule has 0 atom stereocenters. The fourth-order valence-electron chi connectivity index (χ4n) is 1.17. The SMILES string of the molecule is COc1ccc([CH]=[Ru]([Cl])[Cl])c(OC(C)C)c1. The Balaban J connectivity index is 3.11. The van der Waals surface area contributed by atoms with Crippen LogP contribution in [0, 0.1) is 0 Å². The maximum absolute atomic E-state index is 5.86. The van der Waals surface area contributed by atoms with Gasteiger partial charge in [0.1, 0.15) is 0 Å². The molecule has 2 nitrogen and oxygen atoms in total. The summed E-state index contributed by atoms with van der Waals surface area (Å²) in [6, 6.07) is 5.61. The molecule has 0 fully saturated rings. The van der Waals surface area contributed by atoms with Gasteiger partial charge in [-0.15, -0.1) is 0 Å². The van der Waals surface area contributed by atoms with Gasteiger partial charge in [-0.05, 0) is 0 Å². The predicted octanol–water partition coefficient (Wildman–Crippen LogP) is 3.56. The van der Waals surface area contributed by atoms with Gasteiger partial charge in [0.2, 0.25) is 0 Å². The first kappa shape index (κ1) is 14.0. The zero-order valence-electron chi connectivity index (χ0n) is 9.31. The van der Waals surface area contributed by atoms with E-state index in [1.54, 1.807) is 7.11 Å². The van der Waals surface area contributed by atoms with Crippen LogP contribution in [0.2, 0.25) is 0 Å². The van der Waals surface area contributed by atoms with Crippen molar-refractivity contribution in [3.63, 3.8) is 0 Å². The molecule has 0 N–H and O–H groups in total. The van der Waals surface area contributed by atoms with Crippen molar-refractivity contribution in [1.82, 2.24) is 0 Å². The standard InChI is InChI=1S/C11H14O2.2ClH.Ru/c1-8(2)13-11-7-10(12-4)6-5-9(11)3;;;/h3,5-8H,1-2,4H3;2*1H;/q;;;+2/p-2. The second-order valence-corrected chi connectivity index (χ2v) is 9.10. The Labute approximate surface area is 109 Å². The van der Waals surface area contributed by atoms with Crippen molar-refractivity contribution in [2.24, 2.45) is 0 Å². The summed E-state index contributed by atoms with van der Waals surface area (Å²) in [6.07, 6.45) is 0.102. The predicted molar refractivity (Wildman–Crippen MR) is 65.6 cm³/mol. The number of rotatable bonds is 4. The molecule has 0 heterocycles. The summed E-state index contributed by atoms with van der Waals surface area (Å²) < 4.78 is 12.7. The molecule has 0 bridgehead atoms. The number of halogens is 2. The maximum atomic E-state index is 5.86. The van der Waals surface area contributed by atoms with Gasteiger partial charge in [0, 0.05) is 0 Å². The number of methoxy groups -OCH3 is 1. The van der Waals surface area contributed by atoms with E-state index in [2.05, 4.69) is 0 Å². The molecular formula is C11H14Cl2O2Ru. The van der Waals surface area contributed by atoms with Crippen molar-refractivity contribution in [2.45, 2.75) is 20.0 Å². The van der Waals surface area contributed by atoms with Crippen molar-refractivity contribution >= 4 is 24.0 Å². The fraction of sp³-hybridized carbons (Fsp3) is 0.364. The third kappa shape index (κ3) is 4.41. The van der Waals surface area contributed by atoms with Gasteiger partial charge in [-0.3, -0.25) is 0 Å². The van der Waals surface area contributed by atoms with Crippen molar-refractivity contribution in [3.05, 3.63) is 23.8 Å². The molecule has 0 spiro atoms. The third-order valence-electron chi connectivity index (χ3n) is 1.77. The zero-order valence-corrected chi connectivity index (χ0v) is 12.6. The second kappa shape index (κ2) is 6.59. The van der Waals surface area contributed by atoms with Gasteiger partial charge in [0.05, 0.1) is 0 Å². The molecule has 0 unspecified atom stereocenters. The fourth-order valence-corrected chi connectivity index (χ4v) is 2.97. The Kier molecular flexibility index (Phi) is 5.74. The molecule has 1 rings (SSSR count). The van der Waals surface area contributed by atoms with Gasteiger partial charge < -0.3 is 0 Å². The van der Waals surface area contributed by atoms with E-state index in [4.69, 9.17) is 28.9 Å². The summed E-state index contributed by atoms with van der Waals surface area (Å²) in [6.45, 7) is 3.94. The van der Waals surface area contributed by atoms with Crippen molar-refractivity contribution < 1.29 is 23.0 Å². The molecule has 1 aromatic carbocycles. The molecule has 0 aliphatic rings. The van der Waals surface area contributed by atoms with E-state index in [1.807, 2.05) is 36.7 Å². The molecule has 16 heavy (non-hydrogen) atoms. The van der Waals surface area contributed by atoms with E-state index in [0.29, 0.717) is 0 Å². The molecule has 0 saturated heterocycles. The average molecular weight is 350 g/mol. The third-order valence-corrected chi connectivity index (χ3v) is 3.60. The first-order valence-electron chi connectivity index (χ1n) is 4.70. The first-order valence-corrected chi connectivity index (χ1v) is 10.2. The molecule has 1 aromatic rings. The van der Waals surface area contributed by atoms with E-state index in [9.17, 15) is 0 Å². The van der Waals surface area contributed by atoms with Crippen LogP contribution in [0.5, 0.6) is 11.5 Å². The minimum atomic E-state index is -1.84. The van der Waals surface area contributed by atoms with Crippen LogP contribution >= 0.6 is 19.4 Å². The summed E-state index contributed by atoms with van der Waals surface area (Å²) in [4.78, 5) is 0. The Morgan fingerprint density at radius 2 is 2.00 bits per heavy atom. The van der Waals surface area contributed by atoms with E-state index in [1.165, 1.54) is 0 Å². The molecule has 0 radical (unpaired) electrons. The van der Waals surface area contributed by atoms with Gasteiger partial charge in [0.25, 0.3) is 0 Å². The van der Waals surface area contributed by atoms with E-state index < -0.39 is 13.5 Å². The van der Waals surface area contributed by atoms with Crippen molar-refractivity contribution in [2.75, 3.05) is 7.11 Å². The Morgan fingerprint density at radius 3 is 2.50 bits per heavy atom. The van der Waals surface area contributed by atoms with Gasteiger partial charge in [-0.1, -0.05) is 0 Å². The molecule has 0 aliphatic carbocycles. The van der Waals surface area contributed by atoms with Gasteiger partial charge in [-0.25, -0.2) is 0 Å². The Hall–Kier alpha value is -0.107. The van der Waals surface area contributed by atoms with Gasteiger partial charge in [-0.2, -0.15) is 0 Å². The van der Waals surface area contributed by atoms with E-state index >= 15 is 0 Å². The summed E-state index contributed by atoms with van der Waals surface area (Å²) in [7, 11) is 13.3. The number of benzene rings is 1. The van der Waals surface area contributed by atoms with Crippen molar-refractivity contribution in [3.8, 4) is 11.5 Å². The molecular weight excluding hydrogens is 336 g/mol. The van der Waals surface area contributed by atoms with Crippen LogP contribution in [0.1, 0.15) is 19.4 Å². The summed E-state index contributed by atoms with van der Waals surface area (Å²) in [5, 5.41) is 0. The van der Waals surface area contributed by atoms with E-state index in [-0.39, 0.29) is 6.10 Å². The van der Waals surface area contributed by atoms with Gasteiger partial charge >= 0.3 is 109 Å². The molecule has 0 aromatic heterocycles. The monoisotopic (exact) mass is 350 g/mol. The summed E-state index contributed by atoms with van der Waals surface area (Å²) in [5.41, 5.74) is 0.929. The number of hydrogen-bond acceptors (Lipinski definition) is 2. The van der Waals surface area contributed by atoms with Crippen LogP contribution in [0.25, 0.3) is 0 Å². The van der Waals surface area contributed by atoms with Crippen LogP contribution in [0.4, 0.5) is 0 Å². The average Bonchev–Trinajstić information content (AvgIpc) is 2.19. The topological polar surface area (TPSA) is 18.5 Å². The Morgan fingerprint density at radius 1 is 1.31 bits per heavy atom. The Bertz CT molecular complexity index is 388. The van der Waals surface area contributed by atoms with Crippen LogP contribution in [-0.4, -0.2) is 17.8 Å². The van der Waals surface area contributed by atoms with Crippen LogP contribution in [-0.2, 0) is 13.5 Å². The molecule has 0 saturated carbocycles. The van der Waals surface area contributed by atoms with Crippen LogP contribution < -0.4 is 9.47 Å². The van der Waals surface area contributed by atoms with Crippen molar-refractivity contribution in [1.29, 1.82) is 0 Å². The van der Waals surface area contributed by atoms with Gasteiger partial charge in [0.15, 0.2) is 0 Å².